The number of anilines is 1. The zero-order valence-corrected chi connectivity index (χ0v) is 10.9. The van der Waals surface area contributed by atoms with E-state index >= 15 is 0 Å². The highest BCUT2D eigenvalue weighted by molar-refractivity contribution is 9.10. The minimum Gasteiger partial charge on any atom is -0.388 e. The predicted molar refractivity (Wildman–Crippen MR) is 65.9 cm³/mol. The van der Waals surface area contributed by atoms with Crippen LogP contribution in [0.2, 0.25) is 0 Å². The minimum atomic E-state index is -0.751. The summed E-state index contributed by atoms with van der Waals surface area (Å²) in [4.78, 5) is 4.27. The first-order valence-electron chi connectivity index (χ1n) is 5.05. The molecule has 2 N–H and O–H groups in total. The van der Waals surface area contributed by atoms with Gasteiger partial charge in [-0.15, -0.1) is 0 Å². The normalized spacial score (nSPS) is 13.7. The Kier molecular flexibility index (Phi) is 4.11. The van der Waals surface area contributed by atoms with Gasteiger partial charge in [-0.1, -0.05) is 13.0 Å². The second kappa shape index (κ2) is 4.94. The van der Waals surface area contributed by atoms with Gasteiger partial charge in [0, 0.05) is 0 Å². The van der Waals surface area contributed by atoms with Crippen LogP contribution >= 0.6 is 15.9 Å². The Hall–Kier alpha value is -0.610. The molecular formula is C11H17BrN2O. The predicted octanol–water partition coefficient (Wildman–Crippen LogP) is 2.81. The van der Waals surface area contributed by atoms with Crippen LogP contribution in [0.25, 0.3) is 0 Å². The highest BCUT2D eigenvalue weighted by Gasteiger charge is 2.25. The van der Waals surface area contributed by atoms with Gasteiger partial charge >= 0.3 is 0 Å². The first kappa shape index (κ1) is 12.5. The van der Waals surface area contributed by atoms with Crippen molar-refractivity contribution in [1.82, 2.24) is 4.98 Å². The fourth-order valence-corrected chi connectivity index (χ4v) is 1.79. The van der Waals surface area contributed by atoms with Crippen LogP contribution in [0.3, 0.4) is 0 Å². The molecule has 1 atom stereocenters. The van der Waals surface area contributed by atoms with E-state index in [0.717, 1.165) is 16.8 Å². The lowest BCUT2D eigenvalue weighted by Gasteiger charge is -2.29. The molecule has 0 aliphatic heterocycles. The van der Waals surface area contributed by atoms with Crippen LogP contribution in [0.4, 0.5) is 5.82 Å². The molecule has 1 rings (SSSR count). The summed E-state index contributed by atoms with van der Waals surface area (Å²) < 4.78 is 0.790. The molecule has 0 aromatic carbocycles. The number of aromatic nitrogens is 1. The van der Waals surface area contributed by atoms with Crippen LogP contribution in [0.15, 0.2) is 22.8 Å². The Morgan fingerprint density at radius 2 is 2.20 bits per heavy atom. The second-order valence-electron chi connectivity index (χ2n) is 4.10. The molecule has 4 heteroatoms. The summed E-state index contributed by atoms with van der Waals surface area (Å²) in [5.74, 6) is 0.776. The van der Waals surface area contributed by atoms with Gasteiger partial charge in [-0.3, -0.25) is 0 Å². The number of hydrogen-bond acceptors (Lipinski definition) is 3. The number of halogens is 1. The Morgan fingerprint density at radius 1 is 1.53 bits per heavy atom. The van der Waals surface area contributed by atoms with Gasteiger partial charge < -0.3 is 10.4 Å². The van der Waals surface area contributed by atoms with Gasteiger partial charge in [0.25, 0.3) is 0 Å². The van der Waals surface area contributed by atoms with E-state index in [0.29, 0.717) is 0 Å². The van der Waals surface area contributed by atoms with Gasteiger partial charge in [0.2, 0.25) is 0 Å². The summed E-state index contributed by atoms with van der Waals surface area (Å²) in [7, 11) is 0. The number of pyridine rings is 1. The molecule has 0 fully saturated rings. The smallest absolute Gasteiger partial charge is 0.127 e. The molecule has 84 valence electrons. The van der Waals surface area contributed by atoms with Crippen LogP contribution in [0.5, 0.6) is 0 Å². The highest BCUT2D eigenvalue weighted by Crippen LogP contribution is 2.18. The molecule has 0 bridgehead atoms. The maximum atomic E-state index is 9.91. The molecule has 0 saturated heterocycles. The fraction of sp³-hybridized carbons (Fsp3) is 0.545. The summed E-state index contributed by atoms with van der Waals surface area (Å²) in [5, 5.41) is 13.1. The Bertz CT molecular complexity index is 323. The third kappa shape index (κ3) is 3.80. The highest BCUT2D eigenvalue weighted by atomic mass is 79.9. The van der Waals surface area contributed by atoms with E-state index in [4.69, 9.17) is 0 Å². The minimum absolute atomic E-state index is 0.000648. The summed E-state index contributed by atoms with van der Waals surface area (Å²) in [6.45, 7) is 5.63. The van der Waals surface area contributed by atoms with Crippen LogP contribution in [0.1, 0.15) is 27.2 Å². The fourth-order valence-electron chi connectivity index (χ4n) is 1.45. The lowest BCUT2D eigenvalue weighted by Crippen LogP contribution is -2.41. The quantitative estimate of drug-likeness (QED) is 0.829. The van der Waals surface area contributed by atoms with Gasteiger partial charge in [0.05, 0.1) is 11.6 Å². The maximum Gasteiger partial charge on any atom is 0.127 e. The molecule has 0 amide bonds. The van der Waals surface area contributed by atoms with Crippen molar-refractivity contribution >= 4 is 21.7 Å². The van der Waals surface area contributed by atoms with Crippen LogP contribution in [0, 0.1) is 0 Å². The molecule has 15 heavy (non-hydrogen) atoms. The monoisotopic (exact) mass is 272 g/mol. The van der Waals surface area contributed by atoms with Gasteiger partial charge in [0.15, 0.2) is 0 Å². The molecule has 3 nitrogen and oxygen atoms in total. The van der Waals surface area contributed by atoms with E-state index in [-0.39, 0.29) is 6.04 Å². The SMILES string of the molecule is CCC(Nc1cccc(Br)n1)C(C)(C)O. The first-order chi connectivity index (χ1) is 6.93. The van der Waals surface area contributed by atoms with Crippen LogP contribution in [-0.2, 0) is 0 Å². The van der Waals surface area contributed by atoms with E-state index < -0.39 is 5.60 Å². The summed E-state index contributed by atoms with van der Waals surface area (Å²) in [6.07, 6.45) is 0.845. The van der Waals surface area contributed by atoms with E-state index in [1.807, 2.05) is 25.1 Å². The van der Waals surface area contributed by atoms with Crippen molar-refractivity contribution in [2.75, 3.05) is 5.32 Å². The van der Waals surface area contributed by atoms with Crippen molar-refractivity contribution in [1.29, 1.82) is 0 Å². The zero-order valence-electron chi connectivity index (χ0n) is 9.29. The standard InChI is InChI=1S/C11H17BrN2O/c1-4-8(11(2,3)15)13-10-7-5-6-9(12)14-10/h5-8,15H,4H2,1-3H3,(H,13,14). The average Bonchev–Trinajstić information content (AvgIpc) is 2.12. The van der Waals surface area contributed by atoms with Crippen molar-refractivity contribution < 1.29 is 5.11 Å². The maximum absolute atomic E-state index is 9.91. The van der Waals surface area contributed by atoms with E-state index in [1.54, 1.807) is 13.8 Å². The number of nitrogens with one attached hydrogen (secondary N) is 1. The van der Waals surface area contributed by atoms with E-state index in [1.165, 1.54) is 0 Å². The van der Waals surface area contributed by atoms with Crippen molar-refractivity contribution in [3.63, 3.8) is 0 Å². The van der Waals surface area contributed by atoms with Gasteiger partial charge in [-0.25, -0.2) is 4.98 Å². The molecule has 1 aromatic rings. The lowest BCUT2D eigenvalue weighted by atomic mass is 9.97. The largest absolute Gasteiger partial charge is 0.388 e. The van der Waals surface area contributed by atoms with Crippen molar-refractivity contribution in [2.45, 2.75) is 38.8 Å². The summed E-state index contributed by atoms with van der Waals surface area (Å²) in [6, 6.07) is 5.67. The summed E-state index contributed by atoms with van der Waals surface area (Å²) >= 11 is 3.31. The molecule has 0 spiro atoms. The lowest BCUT2D eigenvalue weighted by molar-refractivity contribution is 0.0578. The molecule has 0 aliphatic rings. The van der Waals surface area contributed by atoms with Crippen LogP contribution < -0.4 is 5.32 Å². The summed E-state index contributed by atoms with van der Waals surface area (Å²) in [5.41, 5.74) is -0.751. The van der Waals surface area contributed by atoms with Crippen molar-refractivity contribution in [2.24, 2.45) is 0 Å². The number of rotatable bonds is 4. The number of hydrogen-bond donors (Lipinski definition) is 2. The van der Waals surface area contributed by atoms with Gasteiger partial charge in [0.1, 0.15) is 10.4 Å². The zero-order chi connectivity index (χ0) is 11.5. The van der Waals surface area contributed by atoms with Gasteiger partial charge in [-0.05, 0) is 48.3 Å². The molecular weight excluding hydrogens is 256 g/mol. The third-order valence-electron chi connectivity index (χ3n) is 2.30. The Balaban J connectivity index is 2.76. The number of nitrogens with zero attached hydrogens (tertiary/aromatic N) is 1. The van der Waals surface area contributed by atoms with E-state index in [9.17, 15) is 5.11 Å². The van der Waals surface area contributed by atoms with Crippen molar-refractivity contribution in [3.8, 4) is 0 Å². The van der Waals surface area contributed by atoms with Gasteiger partial charge in [-0.2, -0.15) is 0 Å². The molecule has 0 aliphatic carbocycles. The Morgan fingerprint density at radius 3 is 2.67 bits per heavy atom. The first-order valence-corrected chi connectivity index (χ1v) is 5.84. The average molecular weight is 273 g/mol. The van der Waals surface area contributed by atoms with Crippen LogP contribution in [-0.4, -0.2) is 21.7 Å². The molecule has 0 saturated carbocycles. The number of aliphatic hydroxyl groups is 1. The molecule has 0 radical (unpaired) electrons. The topological polar surface area (TPSA) is 45.2 Å². The third-order valence-corrected chi connectivity index (χ3v) is 2.74. The molecule has 1 aromatic heterocycles. The second-order valence-corrected chi connectivity index (χ2v) is 4.92. The molecule has 1 unspecified atom stereocenters. The Labute approximate surface area is 99.1 Å². The van der Waals surface area contributed by atoms with E-state index in [2.05, 4.69) is 26.2 Å². The van der Waals surface area contributed by atoms with Crippen molar-refractivity contribution in [3.05, 3.63) is 22.8 Å². The molecule has 1 heterocycles.